The summed E-state index contributed by atoms with van der Waals surface area (Å²) in [7, 11) is 0. The Kier molecular flexibility index (Phi) is 4.31. The van der Waals surface area contributed by atoms with Gasteiger partial charge in [-0.3, -0.25) is 4.90 Å². The lowest BCUT2D eigenvalue weighted by atomic mass is 10.0. The van der Waals surface area contributed by atoms with Crippen LogP contribution >= 0.6 is 11.3 Å². The third-order valence-corrected chi connectivity index (χ3v) is 6.89. The monoisotopic (exact) mass is 374 g/mol. The second kappa shape index (κ2) is 6.95. The van der Waals surface area contributed by atoms with Gasteiger partial charge in [-0.25, -0.2) is 4.98 Å². The summed E-state index contributed by atoms with van der Waals surface area (Å²) in [6.07, 6.45) is 3.97. The Morgan fingerprint density at radius 3 is 2.56 bits per heavy atom. The van der Waals surface area contributed by atoms with Crippen LogP contribution in [-0.4, -0.2) is 42.1 Å². The van der Waals surface area contributed by atoms with E-state index in [4.69, 9.17) is 10.2 Å². The lowest BCUT2D eigenvalue weighted by molar-refractivity contribution is 0.260. The van der Waals surface area contributed by atoms with E-state index in [1.807, 2.05) is 24.3 Å². The molecule has 136 valence electrons. The number of fused-ring (bicyclic) bond motifs is 1. The molecule has 2 aliphatic heterocycles. The maximum atomic E-state index is 8.97. The molecule has 2 aliphatic rings. The molecule has 2 saturated heterocycles. The molecule has 3 heterocycles. The van der Waals surface area contributed by atoms with Crippen LogP contribution in [0.25, 0.3) is 21.3 Å². The van der Waals surface area contributed by atoms with Gasteiger partial charge in [0.25, 0.3) is 0 Å². The quantitative estimate of drug-likeness (QED) is 0.676. The number of rotatable bonds is 3. The van der Waals surface area contributed by atoms with Crippen molar-refractivity contribution < 1.29 is 0 Å². The van der Waals surface area contributed by atoms with Gasteiger partial charge in [-0.2, -0.15) is 5.26 Å². The second-order valence-electron chi connectivity index (χ2n) is 7.50. The molecule has 4 nitrogen and oxygen atoms in total. The van der Waals surface area contributed by atoms with Crippen molar-refractivity contribution >= 4 is 26.7 Å². The Morgan fingerprint density at radius 2 is 1.78 bits per heavy atom. The van der Waals surface area contributed by atoms with Crippen molar-refractivity contribution in [3.63, 3.8) is 0 Å². The molecule has 2 fully saturated rings. The highest BCUT2D eigenvalue weighted by Gasteiger charge is 2.30. The fourth-order valence-electron chi connectivity index (χ4n) is 4.28. The van der Waals surface area contributed by atoms with E-state index in [0.717, 1.165) is 29.3 Å². The van der Waals surface area contributed by atoms with Crippen LogP contribution in [0.4, 0.5) is 5.13 Å². The fraction of sp³-hybridized carbons (Fsp3) is 0.364. The van der Waals surface area contributed by atoms with Gasteiger partial charge in [-0.05, 0) is 67.7 Å². The lowest BCUT2D eigenvalue weighted by Crippen LogP contribution is -2.35. The van der Waals surface area contributed by atoms with Crippen molar-refractivity contribution in [1.82, 2.24) is 9.88 Å². The van der Waals surface area contributed by atoms with Gasteiger partial charge < -0.3 is 4.90 Å². The molecule has 27 heavy (non-hydrogen) atoms. The molecule has 0 radical (unpaired) electrons. The minimum atomic E-state index is 0.696. The van der Waals surface area contributed by atoms with Gasteiger partial charge in [0.1, 0.15) is 0 Å². The van der Waals surface area contributed by atoms with Gasteiger partial charge in [0.05, 0.1) is 21.8 Å². The zero-order chi connectivity index (χ0) is 18.2. The number of nitrogens with zero attached hydrogens (tertiary/aromatic N) is 4. The van der Waals surface area contributed by atoms with Gasteiger partial charge in [0, 0.05) is 19.1 Å². The molecule has 1 aromatic heterocycles. The van der Waals surface area contributed by atoms with Crippen LogP contribution in [-0.2, 0) is 0 Å². The molecule has 1 atom stereocenters. The Morgan fingerprint density at radius 1 is 1.00 bits per heavy atom. The molecule has 0 bridgehead atoms. The van der Waals surface area contributed by atoms with Crippen LogP contribution in [0, 0.1) is 11.3 Å². The average molecular weight is 375 g/mol. The summed E-state index contributed by atoms with van der Waals surface area (Å²) in [5.41, 5.74) is 4.10. The standard InChI is InChI=1S/C22H22N4S/c23-14-16-3-5-17(6-4-16)18-7-8-20-21(13-18)27-22(24-20)26-12-9-19(15-26)25-10-1-2-11-25/h3-8,13,19H,1-2,9-12,15H2/t19-/m0/s1. The Labute approximate surface area is 163 Å². The zero-order valence-electron chi connectivity index (χ0n) is 15.3. The number of hydrogen-bond acceptors (Lipinski definition) is 5. The Bertz CT molecular complexity index is 995. The predicted molar refractivity (Wildman–Crippen MR) is 111 cm³/mol. The third-order valence-electron chi connectivity index (χ3n) is 5.82. The molecule has 3 aromatic rings. The predicted octanol–water partition coefficient (Wildman–Crippen LogP) is 4.51. The minimum Gasteiger partial charge on any atom is -0.346 e. The van der Waals surface area contributed by atoms with Crippen molar-refractivity contribution in [3.05, 3.63) is 48.0 Å². The summed E-state index contributed by atoms with van der Waals surface area (Å²) < 4.78 is 1.23. The number of thiazole rings is 1. The number of aromatic nitrogens is 1. The van der Waals surface area contributed by atoms with Crippen LogP contribution in [0.15, 0.2) is 42.5 Å². The third kappa shape index (κ3) is 3.20. The normalized spacial score (nSPS) is 20.4. The second-order valence-corrected chi connectivity index (χ2v) is 8.51. The van der Waals surface area contributed by atoms with E-state index in [0.29, 0.717) is 11.6 Å². The van der Waals surface area contributed by atoms with Crippen molar-refractivity contribution in [2.24, 2.45) is 0 Å². The first kappa shape index (κ1) is 16.7. The van der Waals surface area contributed by atoms with Gasteiger partial charge in [-0.1, -0.05) is 29.5 Å². The molecule has 0 saturated carbocycles. The summed E-state index contributed by atoms with van der Waals surface area (Å²) >= 11 is 1.80. The molecular formula is C22H22N4S. The molecule has 0 aliphatic carbocycles. The first-order chi connectivity index (χ1) is 13.3. The highest BCUT2D eigenvalue weighted by atomic mass is 32.1. The van der Waals surface area contributed by atoms with Gasteiger partial charge >= 0.3 is 0 Å². The van der Waals surface area contributed by atoms with E-state index in [1.165, 1.54) is 42.6 Å². The fourth-order valence-corrected chi connectivity index (χ4v) is 5.32. The number of benzene rings is 2. The Balaban J connectivity index is 1.38. The van der Waals surface area contributed by atoms with Crippen molar-refractivity contribution in [2.45, 2.75) is 25.3 Å². The first-order valence-corrected chi connectivity index (χ1v) is 10.5. The maximum absolute atomic E-state index is 8.97. The van der Waals surface area contributed by atoms with Crippen molar-refractivity contribution in [3.8, 4) is 17.2 Å². The highest BCUT2D eigenvalue weighted by Crippen LogP contribution is 2.34. The molecule has 0 N–H and O–H groups in total. The van der Waals surface area contributed by atoms with Gasteiger partial charge in [0.15, 0.2) is 5.13 Å². The molecule has 5 rings (SSSR count). The zero-order valence-corrected chi connectivity index (χ0v) is 16.1. The number of anilines is 1. The summed E-state index contributed by atoms with van der Waals surface area (Å²) in [6, 6.07) is 17.1. The van der Waals surface area contributed by atoms with Gasteiger partial charge in [-0.15, -0.1) is 0 Å². The van der Waals surface area contributed by atoms with Crippen LogP contribution in [0.1, 0.15) is 24.8 Å². The molecular weight excluding hydrogens is 352 g/mol. The smallest absolute Gasteiger partial charge is 0.186 e. The van der Waals surface area contributed by atoms with Crippen molar-refractivity contribution in [1.29, 1.82) is 5.26 Å². The van der Waals surface area contributed by atoms with E-state index in [-0.39, 0.29) is 0 Å². The van der Waals surface area contributed by atoms with Crippen LogP contribution in [0.2, 0.25) is 0 Å². The Hall–Kier alpha value is -2.42. The number of hydrogen-bond donors (Lipinski definition) is 0. The molecule has 0 unspecified atom stereocenters. The lowest BCUT2D eigenvalue weighted by Gasteiger charge is -2.23. The van der Waals surface area contributed by atoms with Crippen LogP contribution < -0.4 is 4.90 Å². The summed E-state index contributed by atoms with van der Waals surface area (Å²) in [5, 5.41) is 10.1. The van der Waals surface area contributed by atoms with E-state index in [9.17, 15) is 0 Å². The number of likely N-dealkylation sites (tertiary alicyclic amines) is 1. The van der Waals surface area contributed by atoms with E-state index >= 15 is 0 Å². The molecule has 0 amide bonds. The van der Waals surface area contributed by atoms with Gasteiger partial charge in [0.2, 0.25) is 0 Å². The summed E-state index contributed by atoms with van der Waals surface area (Å²) in [6.45, 7) is 4.77. The highest BCUT2D eigenvalue weighted by molar-refractivity contribution is 7.22. The van der Waals surface area contributed by atoms with E-state index in [1.54, 1.807) is 11.3 Å². The largest absolute Gasteiger partial charge is 0.346 e. The summed E-state index contributed by atoms with van der Waals surface area (Å²) in [4.78, 5) is 10.0. The minimum absolute atomic E-state index is 0.696. The molecule has 5 heteroatoms. The summed E-state index contributed by atoms with van der Waals surface area (Å²) in [5.74, 6) is 0. The average Bonchev–Trinajstić information content (AvgIpc) is 3.46. The van der Waals surface area contributed by atoms with Crippen LogP contribution in [0.5, 0.6) is 0 Å². The van der Waals surface area contributed by atoms with E-state index < -0.39 is 0 Å². The number of nitriles is 1. The maximum Gasteiger partial charge on any atom is 0.186 e. The van der Waals surface area contributed by atoms with Crippen molar-refractivity contribution in [2.75, 3.05) is 31.1 Å². The van der Waals surface area contributed by atoms with E-state index in [2.05, 4.69) is 34.1 Å². The SMILES string of the molecule is N#Cc1ccc(-c2ccc3nc(N4CC[C@H](N5CCCC5)C4)sc3c2)cc1. The topological polar surface area (TPSA) is 43.2 Å². The molecule has 2 aromatic carbocycles. The first-order valence-electron chi connectivity index (χ1n) is 9.70. The van der Waals surface area contributed by atoms with Crippen LogP contribution in [0.3, 0.4) is 0 Å². The molecule has 0 spiro atoms.